The highest BCUT2D eigenvalue weighted by Gasteiger charge is 2.31. The second-order valence-corrected chi connectivity index (χ2v) is 6.58. The van der Waals surface area contributed by atoms with Crippen LogP contribution in [0.4, 0.5) is 17.6 Å². The number of hydrogen-bond acceptors (Lipinski definition) is 2. The van der Waals surface area contributed by atoms with Crippen LogP contribution in [0.1, 0.15) is 21.5 Å². The van der Waals surface area contributed by atoms with E-state index in [-0.39, 0.29) is 30.5 Å². The van der Waals surface area contributed by atoms with Crippen molar-refractivity contribution in [2.24, 2.45) is 0 Å². The largest absolute Gasteiger partial charge is 0.416 e. The van der Waals surface area contributed by atoms with Crippen LogP contribution in [0.15, 0.2) is 54.6 Å². The number of halogens is 4. The smallest absolute Gasteiger partial charge is 0.336 e. The van der Waals surface area contributed by atoms with Crippen molar-refractivity contribution in [2.75, 3.05) is 26.2 Å². The molecule has 0 atom stereocenters. The minimum atomic E-state index is -4.45. The Morgan fingerprint density at radius 1 is 0.897 bits per heavy atom. The van der Waals surface area contributed by atoms with Gasteiger partial charge in [0.15, 0.2) is 0 Å². The van der Waals surface area contributed by atoms with E-state index in [1.807, 2.05) is 0 Å². The SMILES string of the molecule is O=C(/C=C/c1cccc(F)c1)N1CCN(C(=O)c2ccc(C(F)(F)F)cc2)CC1. The molecule has 29 heavy (non-hydrogen) atoms. The highest BCUT2D eigenvalue weighted by Crippen LogP contribution is 2.29. The summed E-state index contributed by atoms with van der Waals surface area (Å²) in [5.41, 5.74) is -0.0761. The van der Waals surface area contributed by atoms with Gasteiger partial charge in [-0.2, -0.15) is 13.2 Å². The third kappa shape index (κ3) is 5.22. The summed E-state index contributed by atoms with van der Waals surface area (Å²) >= 11 is 0. The number of amides is 2. The van der Waals surface area contributed by atoms with Gasteiger partial charge in [0.25, 0.3) is 5.91 Å². The van der Waals surface area contributed by atoms with Gasteiger partial charge in [-0.3, -0.25) is 9.59 Å². The number of hydrogen-bond donors (Lipinski definition) is 0. The molecule has 1 aliphatic heterocycles. The molecule has 2 aromatic rings. The quantitative estimate of drug-likeness (QED) is 0.574. The minimum Gasteiger partial charge on any atom is -0.336 e. The Bertz CT molecular complexity index is 915. The van der Waals surface area contributed by atoms with Gasteiger partial charge >= 0.3 is 6.18 Å². The molecule has 2 amide bonds. The number of piperazine rings is 1. The molecule has 2 aromatic carbocycles. The maximum atomic E-state index is 13.2. The molecule has 0 spiro atoms. The first-order valence-electron chi connectivity index (χ1n) is 8.93. The summed E-state index contributed by atoms with van der Waals surface area (Å²) in [6.45, 7) is 1.16. The van der Waals surface area contributed by atoms with Crippen molar-refractivity contribution in [1.82, 2.24) is 9.80 Å². The third-order valence-electron chi connectivity index (χ3n) is 4.60. The van der Waals surface area contributed by atoms with Crippen LogP contribution >= 0.6 is 0 Å². The average molecular weight is 406 g/mol. The Balaban J connectivity index is 1.55. The molecule has 3 rings (SSSR count). The fraction of sp³-hybridized carbons (Fsp3) is 0.238. The summed E-state index contributed by atoms with van der Waals surface area (Å²) in [5.74, 6) is -1.02. The van der Waals surface area contributed by atoms with E-state index < -0.39 is 17.6 Å². The van der Waals surface area contributed by atoms with Gasteiger partial charge in [-0.15, -0.1) is 0 Å². The van der Waals surface area contributed by atoms with E-state index >= 15 is 0 Å². The van der Waals surface area contributed by atoms with Gasteiger partial charge in [0, 0.05) is 37.8 Å². The Morgan fingerprint density at radius 3 is 2.10 bits per heavy atom. The van der Waals surface area contributed by atoms with Crippen molar-refractivity contribution >= 4 is 17.9 Å². The number of nitrogens with zero attached hydrogens (tertiary/aromatic N) is 2. The van der Waals surface area contributed by atoms with Crippen molar-refractivity contribution in [3.05, 3.63) is 77.1 Å². The molecule has 4 nitrogen and oxygen atoms in total. The molecule has 0 aromatic heterocycles. The highest BCUT2D eigenvalue weighted by molar-refractivity contribution is 5.95. The topological polar surface area (TPSA) is 40.6 Å². The molecule has 0 unspecified atom stereocenters. The van der Waals surface area contributed by atoms with Crippen LogP contribution in [-0.2, 0) is 11.0 Å². The third-order valence-corrected chi connectivity index (χ3v) is 4.60. The fourth-order valence-corrected chi connectivity index (χ4v) is 3.00. The first-order valence-corrected chi connectivity index (χ1v) is 8.93. The lowest BCUT2D eigenvalue weighted by molar-refractivity contribution is -0.137. The van der Waals surface area contributed by atoms with Crippen molar-refractivity contribution in [3.8, 4) is 0 Å². The van der Waals surface area contributed by atoms with Crippen molar-refractivity contribution in [3.63, 3.8) is 0 Å². The van der Waals surface area contributed by atoms with E-state index in [4.69, 9.17) is 0 Å². The van der Waals surface area contributed by atoms with Gasteiger partial charge in [-0.25, -0.2) is 4.39 Å². The van der Waals surface area contributed by atoms with E-state index in [0.717, 1.165) is 24.3 Å². The van der Waals surface area contributed by atoms with E-state index in [1.165, 1.54) is 29.2 Å². The number of carbonyl (C=O) groups is 2. The van der Waals surface area contributed by atoms with Crippen LogP contribution < -0.4 is 0 Å². The minimum absolute atomic E-state index is 0.170. The molecule has 0 saturated carbocycles. The van der Waals surface area contributed by atoms with Crippen molar-refractivity contribution in [1.29, 1.82) is 0 Å². The molecule has 0 radical (unpaired) electrons. The zero-order valence-corrected chi connectivity index (χ0v) is 15.3. The lowest BCUT2D eigenvalue weighted by Crippen LogP contribution is -2.50. The van der Waals surface area contributed by atoms with E-state index in [0.29, 0.717) is 18.7 Å². The molecular weight excluding hydrogens is 388 g/mol. The second-order valence-electron chi connectivity index (χ2n) is 6.58. The number of carbonyl (C=O) groups excluding carboxylic acids is 2. The Labute approximate surface area is 165 Å². The monoisotopic (exact) mass is 406 g/mol. The van der Waals surface area contributed by atoms with Crippen LogP contribution in [0, 0.1) is 5.82 Å². The molecule has 1 saturated heterocycles. The van der Waals surface area contributed by atoms with Crippen LogP contribution in [-0.4, -0.2) is 47.8 Å². The van der Waals surface area contributed by atoms with Gasteiger partial charge in [-0.05, 0) is 48.0 Å². The number of benzene rings is 2. The van der Waals surface area contributed by atoms with Gasteiger partial charge in [0.2, 0.25) is 5.91 Å². The summed E-state index contributed by atoms with van der Waals surface area (Å²) in [6.07, 6.45) is -1.58. The van der Waals surface area contributed by atoms with Gasteiger partial charge in [0.05, 0.1) is 5.56 Å². The van der Waals surface area contributed by atoms with E-state index in [1.54, 1.807) is 17.0 Å². The molecule has 1 aliphatic rings. The van der Waals surface area contributed by atoms with Crippen LogP contribution in [0.25, 0.3) is 6.08 Å². The lowest BCUT2D eigenvalue weighted by Gasteiger charge is -2.34. The molecule has 1 fully saturated rings. The molecule has 0 bridgehead atoms. The zero-order valence-electron chi connectivity index (χ0n) is 15.3. The Hall–Kier alpha value is -3.16. The van der Waals surface area contributed by atoms with Crippen LogP contribution in [0.5, 0.6) is 0 Å². The van der Waals surface area contributed by atoms with E-state index in [2.05, 4.69) is 0 Å². The zero-order chi connectivity index (χ0) is 21.0. The summed E-state index contributed by atoms with van der Waals surface area (Å²) in [4.78, 5) is 27.8. The van der Waals surface area contributed by atoms with Crippen molar-refractivity contribution < 1.29 is 27.2 Å². The van der Waals surface area contributed by atoms with E-state index in [9.17, 15) is 27.2 Å². The van der Waals surface area contributed by atoms with Crippen LogP contribution in [0.3, 0.4) is 0 Å². The first-order chi connectivity index (χ1) is 13.7. The number of rotatable bonds is 3. The molecule has 0 aliphatic carbocycles. The van der Waals surface area contributed by atoms with Crippen molar-refractivity contribution in [2.45, 2.75) is 6.18 Å². The number of alkyl halides is 3. The summed E-state index contributed by atoms with van der Waals surface area (Å²) in [5, 5.41) is 0. The van der Waals surface area contributed by atoms with Gasteiger partial charge < -0.3 is 9.80 Å². The summed E-state index contributed by atoms with van der Waals surface area (Å²) < 4.78 is 51.0. The molecular formula is C21H18F4N2O2. The summed E-state index contributed by atoms with van der Waals surface area (Å²) in [7, 11) is 0. The normalized spacial score (nSPS) is 15.0. The Morgan fingerprint density at radius 2 is 1.52 bits per heavy atom. The average Bonchev–Trinajstić information content (AvgIpc) is 2.71. The van der Waals surface area contributed by atoms with Gasteiger partial charge in [-0.1, -0.05) is 12.1 Å². The summed E-state index contributed by atoms with van der Waals surface area (Å²) in [6, 6.07) is 9.92. The maximum absolute atomic E-state index is 13.2. The van der Waals surface area contributed by atoms with Gasteiger partial charge in [0.1, 0.15) is 5.82 Å². The second kappa shape index (κ2) is 8.46. The first kappa shape index (κ1) is 20.6. The molecule has 1 heterocycles. The fourth-order valence-electron chi connectivity index (χ4n) is 3.00. The van der Waals surface area contributed by atoms with Crippen LogP contribution in [0.2, 0.25) is 0 Å². The molecule has 152 valence electrons. The standard InChI is InChI=1S/C21H18F4N2O2/c22-18-3-1-2-15(14-18)4-9-19(28)26-10-12-27(13-11-26)20(29)16-5-7-17(8-6-16)21(23,24)25/h1-9,14H,10-13H2/b9-4+. The molecule has 0 N–H and O–H groups in total. The Kier molecular flexibility index (Phi) is 6.00. The lowest BCUT2D eigenvalue weighted by atomic mass is 10.1. The maximum Gasteiger partial charge on any atom is 0.416 e. The predicted octanol–water partition coefficient (Wildman–Crippen LogP) is 3.84. The molecule has 8 heteroatoms. The highest BCUT2D eigenvalue weighted by atomic mass is 19.4. The predicted molar refractivity (Wildman–Crippen MR) is 99.4 cm³/mol.